The molecular formula is C18H21N3O3. The highest BCUT2D eigenvalue weighted by Gasteiger charge is 2.43. The van der Waals surface area contributed by atoms with Gasteiger partial charge < -0.3 is 10.0 Å². The van der Waals surface area contributed by atoms with Crippen molar-refractivity contribution in [2.24, 2.45) is 5.41 Å². The number of nitrogens with zero attached hydrogens (tertiary/aromatic N) is 3. The van der Waals surface area contributed by atoms with Gasteiger partial charge in [-0.2, -0.15) is 5.10 Å². The van der Waals surface area contributed by atoms with Gasteiger partial charge in [0.05, 0.1) is 28.1 Å². The molecule has 1 unspecified atom stereocenters. The van der Waals surface area contributed by atoms with Crippen LogP contribution in [0.25, 0.3) is 5.69 Å². The van der Waals surface area contributed by atoms with E-state index in [-0.39, 0.29) is 12.5 Å². The number of benzene rings is 1. The van der Waals surface area contributed by atoms with Crippen molar-refractivity contribution in [3.8, 4) is 5.69 Å². The number of rotatable bonds is 3. The highest BCUT2D eigenvalue weighted by molar-refractivity contribution is 5.97. The number of carbonyl (C=O) groups excluding carboxylic acids is 1. The summed E-state index contributed by atoms with van der Waals surface area (Å²) in [6, 6.07) is 9.65. The Kier molecular flexibility index (Phi) is 3.91. The number of aliphatic carboxylic acids is 1. The Morgan fingerprint density at radius 3 is 2.46 bits per heavy atom. The molecule has 0 bridgehead atoms. The van der Waals surface area contributed by atoms with E-state index >= 15 is 0 Å². The zero-order chi connectivity index (χ0) is 17.5. The largest absolute Gasteiger partial charge is 0.481 e. The zero-order valence-electron chi connectivity index (χ0n) is 14.1. The van der Waals surface area contributed by atoms with E-state index in [9.17, 15) is 14.7 Å². The van der Waals surface area contributed by atoms with Crippen LogP contribution in [0.5, 0.6) is 0 Å². The van der Waals surface area contributed by atoms with Gasteiger partial charge >= 0.3 is 5.97 Å². The van der Waals surface area contributed by atoms with Gasteiger partial charge in [-0.3, -0.25) is 9.59 Å². The molecule has 1 saturated heterocycles. The van der Waals surface area contributed by atoms with Gasteiger partial charge in [-0.25, -0.2) is 4.68 Å². The third-order valence-electron chi connectivity index (χ3n) is 4.78. The predicted octanol–water partition coefficient (Wildman–Crippen LogP) is 2.43. The molecule has 1 aromatic heterocycles. The molecule has 1 aliphatic heterocycles. The number of hydrogen-bond acceptors (Lipinski definition) is 3. The fourth-order valence-electron chi connectivity index (χ4n) is 3.24. The van der Waals surface area contributed by atoms with Crippen LogP contribution in [0.1, 0.15) is 35.1 Å². The molecule has 0 saturated carbocycles. The second kappa shape index (κ2) is 5.78. The molecule has 24 heavy (non-hydrogen) atoms. The number of likely N-dealkylation sites (tertiary alicyclic amines) is 1. The summed E-state index contributed by atoms with van der Waals surface area (Å²) in [4.78, 5) is 25.9. The van der Waals surface area contributed by atoms with Gasteiger partial charge in [0.2, 0.25) is 0 Å². The van der Waals surface area contributed by atoms with Crippen molar-refractivity contribution in [2.45, 2.75) is 27.2 Å². The number of para-hydroxylation sites is 1. The molecule has 2 heterocycles. The Balaban J connectivity index is 1.92. The summed E-state index contributed by atoms with van der Waals surface area (Å²) in [6.45, 7) is 6.06. The van der Waals surface area contributed by atoms with Crippen LogP contribution >= 0.6 is 0 Å². The van der Waals surface area contributed by atoms with Crippen molar-refractivity contribution in [1.29, 1.82) is 0 Å². The lowest BCUT2D eigenvalue weighted by Gasteiger charge is -2.20. The van der Waals surface area contributed by atoms with Crippen LogP contribution in [-0.4, -0.2) is 44.8 Å². The molecule has 1 aliphatic rings. The first-order chi connectivity index (χ1) is 11.3. The van der Waals surface area contributed by atoms with Gasteiger partial charge in [0.25, 0.3) is 5.91 Å². The van der Waals surface area contributed by atoms with Crippen LogP contribution in [0.4, 0.5) is 0 Å². The van der Waals surface area contributed by atoms with Crippen molar-refractivity contribution < 1.29 is 14.7 Å². The number of carboxylic acid groups (broad SMARTS) is 1. The minimum Gasteiger partial charge on any atom is -0.481 e. The third-order valence-corrected chi connectivity index (χ3v) is 4.78. The Bertz CT molecular complexity index is 797. The quantitative estimate of drug-likeness (QED) is 0.939. The van der Waals surface area contributed by atoms with E-state index in [0.29, 0.717) is 24.2 Å². The van der Waals surface area contributed by atoms with Crippen molar-refractivity contribution in [3.63, 3.8) is 0 Å². The van der Waals surface area contributed by atoms with E-state index in [1.807, 2.05) is 44.2 Å². The van der Waals surface area contributed by atoms with E-state index in [1.165, 1.54) is 0 Å². The molecule has 0 radical (unpaired) electrons. The maximum absolute atomic E-state index is 12.9. The first-order valence-electron chi connectivity index (χ1n) is 7.98. The van der Waals surface area contributed by atoms with E-state index in [1.54, 1.807) is 16.5 Å². The third kappa shape index (κ3) is 2.58. The number of carbonyl (C=O) groups is 2. The van der Waals surface area contributed by atoms with Crippen molar-refractivity contribution in [2.75, 3.05) is 13.1 Å². The van der Waals surface area contributed by atoms with E-state index in [4.69, 9.17) is 0 Å². The molecule has 1 N–H and O–H groups in total. The molecule has 1 atom stereocenters. The van der Waals surface area contributed by atoms with Crippen LogP contribution in [0, 0.1) is 19.3 Å². The smallest absolute Gasteiger partial charge is 0.311 e. The van der Waals surface area contributed by atoms with Gasteiger partial charge in [0, 0.05) is 13.1 Å². The maximum atomic E-state index is 12.9. The van der Waals surface area contributed by atoms with E-state index in [2.05, 4.69) is 5.10 Å². The normalized spacial score (nSPS) is 20.4. The van der Waals surface area contributed by atoms with Crippen molar-refractivity contribution >= 4 is 11.9 Å². The number of aryl methyl sites for hydroxylation is 1. The minimum atomic E-state index is -0.868. The summed E-state index contributed by atoms with van der Waals surface area (Å²) < 4.78 is 1.76. The van der Waals surface area contributed by atoms with Crippen LogP contribution in [0.3, 0.4) is 0 Å². The van der Waals surface area contributed by atoms with Gasteiger partial charge in [-0.05, 0) is 39.3 Å². The zero-order valence-corrected chi connectivity index (χ0v) is 14.1. The lowest BCUT2D eigenvalue weighted by molar-refractivity contribution is -0.147. The maximum Gasteiger partial charge on any atom is 0.311 e. The second-order valence-electron chi connectivity index (χ2n) is 6.64. The molecule has 3 rings (SSSR count). The molecule has 0 aliphatic carbocycles. The molecule has 0 spiro atoms. The SMILES string of the molecule is Cc1nn(-c2ccccc2)c(C)c1C(=O)N1CCC(C)(C(=O)O)C1. The Morgan fingerprint density at radius 2 is 1.88 bits per heavy atom. The fraction of sp³-hybridized carbons (Fsp3) is 0.389. The first-order valence-corrected chi connectivity index (χ1v) is 7.98. The molecular weight excluding hydrogens is 306 g/mol. The lowest BCUT2D eigenvalue weighted by Crippen LogP contribution is -2.35. The molecule has 1 aromatic carbocycles. The number of hydrogen-bond donors (Lipinski definition) is 1. The van der Waals surface area contributed by atoms with Gasteiger partial charge in [-0.15, -0.1) is 0 Å². The summed E-state index contributed by atoms with van der Waals surface area (Å²) in [5, 5.41) is 13.8. The van der Waals surface area contributed by atoms with Gasteiger partial charge in [0.15, 0.2) is 0 Å². The van der Waals surface area contributed by atoms with Crippen LogP contribution < -0.4 is 0 Å². The number of amides is 1. The monoisotopic (exact) mass is 327 g/mol. The Hall–Kier alpha value is -2.63. The average molecular weight is 327 g/mol. The van der Waals surface area contributed by atoms with E-state index < -0.39 is 11.4 Å². The number of aromatic nitrogens is 2. The van der Waals surface area contributed by atoms with Crippen LogP contribution in [0.15, 0.2) is 30.3 Å². The summed E-state index contributed by atoms with van der Waals surface area (Å²) in [6.07, 6.45) is 0.471. The van der Waals surface area contributed by atoms with Crippen LogP contribution in [-0.2, 0) is 4.79 Å². The molecule has 1 amide bonds. The van der Waals surface area contributed by atoms with Gasteiger partial charge in [-0.1, -0.05) is 18.2 Å². The van der Waals surface area contributed by atoms with Crippen molar-refractivity contribution in [1.82, 2.24) is 14.7 Å². The highest BCUT2D eigenvalue weighted by Crippen LogP contribution is 2.32. The molecule has 6 nitrogen and oxygen atoms in total. The first kappa shape index (κ1) is 16.2. The van der Waals surface area contributed by atoms with Gasteiger partial charge in [0.1, 0.15) is 0 Å². The summed E-state index contributed by atoms with van der Waals surface area (Å²) in [5.41, 5.74) is 2.02. The number of carboxylic acids is 1. The van der Waals surface area contributed by atoms with Crippen molar-refractivity contribution in [3.05, 3.63) is 47.3 Å². The molecule has 2 aromatic rings. The average Bonchev–Trinajstić information content (AvgIpc) is 3.09. The standard InChI is InChI=1S/C18H21N3O3/c1-12-15(13(2)21(19-12)14-7-5-4-6-8-14)16(22)20-10-9-18(3,11-20)17(23)24/h4-8H,9-11H2,1-3H3,(H,23,24). The second-order valence-corrected chi connectivity index (χ2v) is 6.64. The summed E-state index contributed by atoms with van der Waals surface area (Å²) in [7, 11) is 0. The topological polar surface area (TPSA) is 75.4 Å². The summed E-state index contributed by atoms with van der Waals surface area (Å²) >= 11 is 0. The van der Waals surface area contributed by atoms with E-state index in [0.717, 1.165) is 11.4 Å². The molecule has 1 fully saturated rings. The summed E-state index contributed by atoms with van der Waals surface area (Å²) in [5.74, 6) is -0.997. The molecule has 126 valence electrons. The van der Waals surface area contributed by atoms with Crippen LogP contribution in [0.2, 0.25) is 0 Å². The Labute approximate surface area is 140 Å². The predicted molar refractivity (Wildman–Crippen MR) is 89.3 cm³/mol. The Morgan fingerprint density at radius 1 is 1.21 bits per heavy atom. The minimum absolute atomic E-state index is 0.142. The molecule has 6 heteroatoms. The highest BCUT2D eigenvalue weighted by atomic mass is 16.4. The lowest BCUT2D eigenvalue weighted by atomic mass is 9.90. The fourth-order valence-corrected chi connectivity index (χ4v) is 3.24.